The minimum Gasteiger partial charge on any atom is -0.489 e. The van der Waals surface area contributed by atoms with Crippen LogP contribution in [0.25, 0.3) is 0 Å². The van der Waals surface area contributed by atoms with Crippen LogP contribution in [0.2, 0.25) is 0 Å². The summed E-state index contributed by atoms with van der Waals surface area (Å²) in [7, 11) is -3.73. The molecule has 7 nitrogen and oxygen atoms in total. The third-order valence-electron chi connectivity index (χ3n) is 5.19. The molecule has 0 aliphatic carbocycles. The Labute approximate surface area is 210 Å². The SMILES string of the molecule is Cc1ccc(NS(=O)(=O)c2ccc(OCC(=O)Nc3ccc(OCc4ccccc4)cc3)cc2)cc1. The van der Waals surface area contributed by atoms with Crippen molar-refractivity contribution < 1.29 is 22.7 Å². The molecule has 0 spiro atoms. The Kier molecular flexibility index (Phi) is 7.87. The van der Waals surface area contributed by atoms with Gasteiger partial charge in [-0.25, -0.2) is 8.42 Å². The molecule has 1 amide bonds. The minimum absolute atomic E-state index is 0.0921. The van der Waals surface area contributed by atoms with Crippen molar-refractivity contribution in [1.29, 1.82) is 0 Å². The highest BCUT2D eigenvalue weighted by molar-refractivity contribution is 7.92. The van der Waals surface area contributed by atoms with Crippen LogP contribution in [-0.4, -0.2) is 20.9 Å². The van der Waals surface area contributed by atoms with Crippen molar-refractivity contribution >= 4 is 27.3 Å². The van der Waals surface area contributed by atoms with Crippen molar-refractivity contribution in [2.75, 3.05) is 16.6 Å². The Morgan fingerprint density at radius 3 is 1.97 bits per heavy atom. The molecule has 8 heteroatoms. The van der Waals surface area contributed by atoms with Gasteiger partial charge in [0.05, 0.1) is 4.90 Å². The molecule has 0 bridgehead atoms. The lowest BCUT2D eigenvalue weighted by Crippen LogP contribution is -2.20. The van der Waals surface area contributed by atoms with Crippen LogP contribution in [0, 0.1) is 6.92 Å². The van der Waals surface area contributed by atoms with Gasteiger partial charge in [0.15, 0.2) is 6.61 Å². The van der Waals surface area contributed by atoms with Crippen molar-refractivity contribution in [3.05, 3.63) is 114 Å². The fourth-order valence-corrected chi connectivity index (χ4v) is 4.33. The molecule has 0 fully saturated rings. The van der Waals surface area contributed by atoms with Gasteiger partial charge in [0.1, 0.15) is 18.1 Å². The summed E-state index contributed by atoms with van der Waals surface area (Å²) in [4.78, 5) is 12.4. The molecule has 4 rings (SSSR count). The molecule has 0 saturated heterocycles. The maximum atomic E-state index is 12.6. The normalized spacial score (nSPS) is 10.9. The van der Waals surface area contributed by atoms with Gasteiger partial charge in [-0.05, 0) is 73.2 Å². The second kappa shape index (κ2) is 11.4. The molecule has 0 unspecified atom stereocenters. The Hall–Kier alpha value is -4.30. The number of aryl methyl sites for hydroxylation is 1. The molecule has 0 radical (unpaired) electrons. The van der Waals surface area contributed by atoms with E-state index in [0.717, 1.165) is 11.1 Å². The van der Waals surface area contributed by atoms with Gasteiger partial charge >= 0.3 is 0 Å². The Bertz CT molecular complexity index is 1390. The van der Waals surface area contributed by atoms with Gasteiger partial charge in [0.2, 0.25) is 0 Å². The zero-order valence-electron chi connectivity index (χ0n) is 19.7. The van der Waals surface area contributed by atoms with E-state index in [1.54, 1.807) is 36.4 Å². The molecule has 2 N–H and O–H groups in total. The second-order valence-corrected chi connectivity index (χ2v) is 9.76. The van der Waals surface area contributed by atoms with E-state index in [-0.39, 0.29) is 17.4 Å². The monoisotopic (exact) mass is 502 g/mol. The lowest BCUT2D eigenvalue weighted by atomic mass is 10.2. The average Bonchev–Trinajstić information content (AvgIpc) is 2.89. The summed E-state index contributed by atoms with van der Waals surface area (Å²) in [5.74, 6) is 0.731. The molecule has 0 aromatic heterocycles. The van der Waals surface area contributed by atoms with Crippen molar-refractivity contribution in [3.8, 4) is 11.5 Å². The molecule has 4 aromatic carbocycles. The average molecular weight is 503 g/mol. The van der Waals surface area contributed by atoms with Crippen molar-refractivity contribution in [2.24, 2.45) is 0 Å². The fourth-order valence-electron chi connectivity index (χ4n) is 3.27. The van der Waals surface area contributed by atoms with Crippen molar-refractivity contribution in [3.63, 3.8) is 0 Å². The summed E-state index contributed by atoms with van der Waals surface area (Å²) in [5.41, 5.74) is 3.20. The van der Waals surface area contributed by atoms with Crippen LogP contribution >= 0.6 is 0 Å². The predicted molar refractivity (Wildman–Crippen MR) is 140 cm³/mol. The summed E-state index contributed by atoms with van der Waals surface area (Å²) in [5, 5.41) is 2.75. The van der Waals surface area contributed by atoms with Gasteiger partial charge in [-0.1, -0.05) is 48.0 Å². The Morgan fingerprint density at radius 1 is 0.722 bits per heavy atom. The number of ether oxygens (including phenoxy) is 2. The molecule has 0 heterocycles. The summed E-state index contributed by atoms with van der Waals surface area (Å²) in [6, 6.07) is 29.8. The molecule has 184 valence electrons. The molecule has 0 atom stereocenters. The van der Waals surface area contributed by atoms with Crippen LogP contribution in [0.4, 0.5) is 11.4 Å². The molecule has 36 heavy (non-hydrogen) atoms. The van der Waals surface area contributed by atoms with Crippen molar-refractivity contribution in [2.45, 2.75) is 18.4 Å². The zero-order valence-corrected chi connectivity index (χ0v) is 20.5. The molecule has 4 aromatic rings. The maximum Gasteiger partial charge on any atom is 0.262 e. The quantitative estimate of drug-likeness (QED) is 0.303. The van der Waals surface area contributed by atoms with Gasteiger partial charge in [-0.15, -0.1) is 0 Å². The van der Waals surface area contributed by atoms with E-state index >= 15 is 0 Å². The van der Waals surface area contributed by atoms with Gasteiger partial charge in [0.25, 0.3) is 15.9 Å². The lowest BCUT2D eigenvalue weighted by Gasteiger charge is -2.11. The third kappa shape index (κ3) is 7.10. The third-order valence-corrected chi connectivity index (χ3v) is 6.59. The summed E-state index contributed by atoms with van der Waals surface area (Å²) < 4.78 is 38.9. The summed E-state index contributed by atoms with van der Waals surface area (Å²) in [6.45, 7) is 2.17. The first-order valence-corrected chi connectivity index (χ1v) is 12.7. The van der Waals surface area contributed by atoms with Crippen molar-refractivity contribution in [1.82, 2.24) is 0 Å². The van der Waals surface area contributed by atoms with E-state index in [9.17, 15) is 13.2 Å². The topological polar surface area (TPSA) is 93.7 Å². The van der Waals surface area contributed by atoms with E-state index in [1.165, 1.54) is 24.3 Å². The first-order valence-electron chi connectivity index (χ1n) is 11.3. The number of carbonyl (C=O) groups is 1. The van der Waals surface area contributed by atoms with E-state index in [0.29, 0.717) is 29.5 Å². The van der Waals surface area contributed by atoms with E-state index in [1.807, 2.05) is 49.4 Å². The Morgan fingerprint density at radius 2 is 1.31 bits per heavy atom. The van der Waals surface area contributed by atoms with Gasteiger partial charge in [-0.3, -0.25) is 9.52 Å². The zero-order chi connectivity index (χ0) is 25.4. The highest BCUT2D eigenvalue weighted by Gasteiger charge is 2.14. The predicted octanol–water partition coefficient (Wildman–Crippen LogP) is 5.39. The van der Waals surface area contributed by atoms with Gasteiger partial charge in [-0.2, -0.15) is 0 Å². The number of amides is 1. The van der Waals surface area contributed by atoms with Gasteiger partial charge < -0.3 is 14.8 Å². The van der Waals surface area contributed by atoms with Crippen LogP contribution in [0.3, 0.4) is 0 Å². The summed E-state index contributed by atoms with van der Waals surface area (Å²) in [6.07, 6.45) is 0. The highest BCUT2D eigenvalue weighted by Crippen LogP contribution is 2.20. The number of rotatable bonds is 10. The van der Waals surface area contributed by atoms with E-state index < -0.39 is 10.0 Å². The second-order valence-electron chi connectivity index (χ2n) is 8.08. The number of sulfonamides is 1. The van der Waals surface area contributed by atoms with E-state index in [4.69, 9.17) is 9.47 Å². The first kappa shape index (κ1) is 24.8. The van der Waals surface area contributed by atoms with Crippen LogP contribution in [0.5, 0.6) is 11.5 Å². The molecule has 0 aliphatic rings. The van der Waals surface area contributed by atoms with Crippen LogP contribution in [0.1, 0.15) is 11.1 Å². The van der Waals surface area contributed by atoms with Gasteiger partial charge in [0, 0.05) is 11.4 Å². The number of anilines is 2. The molecule has 0 aliphatic heterocycles. The largest absolute Gasteiger partial charge is 0.489 e. The van der Waals surface area contributed by atoms with Crippen LogP contribution in [0.15, 0.2) is 108 Å². The van der Waals surface area contributed by atoms with Crippen LogP contribution < -0.4 is 19.5 Å². The Balaban J connectivity index is 1.25. The molecular weight excluding hydrogens is 476 g/mol. The standard InChI is InChI=1S/C28H26N2O5S/c1-21-7-9-24(10-8-21)30-36(32,33)27-17-15-26(16-18-27)35-20-28(31)29-23-11-13-25(14-12-23)34-19-22-5-3-2-4-6-22/h2-18,30H,19-20H2,1H3,(H,29,31). The molecule has 0 saturated carbocycles. The number of hydrogen-bond donors (Lipinski definition) is 2. The minimum atomic E-state index is -3.73. The summed E-state index contributed by atoms with van der Waals surface area (Å²) >= 11 is 0. The van der Waals surface area contributed by atoms with E-state index in [2.05, 4.69) is 10.0 Å². The highest BCUT2D eigenvalue weighted by atomic mass is 32.2. The number of benzene rings is 4. The first-order chi connectivity index (χ1) is 17.4. The fraction of sp³-hybridized carbons (Fsp3) is 0.107. The molecular formula is C28H26N2O5S. The van der Waals surface area contributed by atoms with Crippen LogP contribution in [-0.2, 0) is 21.4 Å². The smallest absolute Gasteiger partial charge is 0.262 e. The lowest BCUT2D eigenvalue weighted by molar-refractivity contribution is -0.118. The number of carbonyl (C=O) groups excluding carboxylic acids is 1. The maximum absolute atomic E-state index is 12.6. The number of hydrogen-bond acceptors (Lipinski definition) is 5. The number of nitrogens with one attached hydrogen (secondary N) is 2.